The number of halogens is 2. The summed E-state index contributed by atoms with van der Waals surface area (Å²) >= 11 is 5.77. The van der Waals surface area contributed by atoms with Crippen LogP contribution in [-0.2, 0) is 14.4 Å². The van der Waals surface area contributed by atoms with Gasteiger partial charge in [0.1, 0.15) is 12.4 Å². The van der Waals surface area contributed by atoms with Crippen molar-refractivity contribution in [1.29, 1.82) is 0 Å². The van der Waals surface area contributed by atoms with Crippen LogP contribution in [0.2, 0.25) is 5.02 Å². The van der Waals surface area contributed by atoms with Crippen LogP contribution in [0.25, 0.3) is 6.08 Å². The molecule has 112 valence electrons. The molecule has 21 heavy (non-hydrogen) atoms. The van der Waals surface area contributed by atoms with Gasteiger partial charge in [-0.2, -0.15) is 0 Å². The fourth-order valence-corrected chi connectivity index (χ4v) is 1.52. The molecule has 3 N–H and O–H groups in total. The number of rotatable bonds is 6. The molecule has 0 bridgehead atoms. The molecule has 0 saturated carbocycles. The third-order valence-electron chi connectivity index (χ3n) is 2.26. The first-order valence-corrected chi connectivity index (χ1v) is 6.16. The van der Waals surface area contributed by atoms with Crippen molar-refractivity contribution in [3.05, 3.63) is 40.7 Å². The van der Waals surface area contributed by atoms with Gasteiger partial charge < -0.3 is 15.7 Å². The summed E-state index contributed by atoms with van der Waals surface area (Å²) in [4.78, 5) is 32.8. The van der Waals surface area contributed by atoms with Gasteiger partial charge >= 0.3 is 5.97 Å². The number of benzene rings is 1. The van der Waals surface area contributed by atoms with Gasteiger partial charge in [0.05, 0.1) is 11.6 Å². The molecule has 0 fully saturated rings. The summed E-state index contributed by atoms with van der Waals surface area (Å²) in [5.41, 5.74) is 0.0599. The largest absolute Gasteiger partial charge is 0.480 e. The standard InChI is InChI=1S/C13H12ClFN2O4/c14-9-2-1-3-10(15)8(9)4-5-11(18)16-6-12(19)17-7-13(20)21/h1-5H,6-7H2,(H,16,18)(H,17,19)(H,20,21)/b5-4+. The number of amides is 2. The molecule has 0 unspecified atom stereocenters. The minimum absolute atomic E-state index is 0.0599. The molecule has 1 rings (SSSR count). The molecule has 0 aliphatic rings. The van der Waals surface area contributed by atoms with Crippen LogP contribution < -0.4 is 10.6 Å². The summed E-state index contributed by atoms with van der Waals surface area (Å²) in [5, 5.41) is 12.8. The second-order valence-corrected chi connectivity index (χ2v) is 4.26. The predicted molar refractivity (Wildman–Crippen MR) is 74.1 cm³/mol. The second kappa shape index (κ2) is 8.01. The van der Waals surface area contributed by atoms with Crippen LogP contribution in [0.5, 0.6) is 0 Å². The zero-order valence-corrected chi connectivity index (χ0v) is 11.5. The predicted octanol–water partition coefficient (Wildman–Crippen LogP) is 0.809. The van der Waals surface area contributed by atoms with Crippen LogP contribution in [0.1, 0.15) is 5.56 Å². The molecule has 2 amide bonds. The molecule has 0 aliphatic heterocycles. The Morgan fingerprint density at radius 2 is 1.95 bits per heavy atom. The summed E-state index contributed by atoms with van der Waals surface area (Å²) in [6.45, 7) is -0.920. The van der Waals surface area contributed by atoms with E-state index >= 15 is 0 Å². The first kappa shape index (κ1) is 16.6. The van der Waals surface area contributed by atoms with Gasteiger partial charge in [-0.15, -0.1) is 0 Å². The number of hydrogen-bond donors (Lipinski definition) is 3. The van der Waals surface area contributed by atoms with Gasteiger partial charge in [0, 0.05) is 11.6 Å². The average Bonchev–Trinajstić information content (AvgIpc) is 2.42. The smallest absolute Gasteiger partial charge is 0.322 e. The number of hydrogen-bond acceptors (Lipinski definition) is 3. The quantitative estimate of drug-likeness (QED) is 0.677. The molecule has 8 heteroatoms. The monoisotopic (exact) mass is 314 g/mol. The fraction of sp³-hybridized carbons (Fsp3) is 0.154. The minimum atomic E-state index is -1.19. The van der Waals surface area contributed by atoms with Crippen molar-refractivity contribution in [2.75, 3.05) is 13.1 Å². The van der Waals surface area contributed by atoms with Crippen LogP contribution >= 0.6 is 11.6 Å². The normalized spacial score (nSPS) is 10.4. The molecule has 0 radical (unpaired) electrons. The van der Waals surface area contributed by atoms with Crippen molar-refractivity contribution in [3.63, 3.8) is 0 Å². The van der Waals surface area contributed by atoms with Crippen LogP contribution in [0.3, 0.4) is 0 Å². The highest BCUT2D eigenvalue weighted by atomic mass is 35.5. The zero-order valence-electron chi connectivity index (χ0n) is 10.7. The first-order valence-electron chi connectivity index (χ1n) is 5.78. The van der Waals surface area contributed by atoms with Crippen LogP contribution in [-0.4, -0.2) is 36.0 Å². The van der Waals surface area contributed by atoms with E-state index in [4.69, 9.17) is 16.7 Å². The maximum Gasteiger partial charge on any atom is 0.322 e. The van der Waals surface area contributed by atoms with Gasteiger partial charge in [0.2, 0.25) is 11.8 Å². The number of aliphatic carboxylic acids is 1. The summed E-state index contributed by atoms with van der Waals surface area (Å²) in [6.07, 6.45) is 2.21. The van der Waals surface area contributed by atoms with E-state index < -0.39 is 30.1 Å². The second-order valence-electron chi connectivity index (χ2n) is 3.86. The van der Waals surface area contributed by atoms with Crippen LogP contribution in [0.4, 0.5) is 4.39 Å². The molecule has 0 atom stereocenters. The van der Waals surface area contributed by atoms with Gasteiger partial charge in [0.25, 0.3) is 0 Å². The van der Waals surface area contributed by atoms with Crippen molar-refractivity contribution in [1.82, 2.24) is 10.6 Å². The maximum absolute atomic E-state index is 13.4. The third-order valence-corrected chi connectivity index (χ3v) is 2.59. The van der Waals surface area contributed by atoms with Crippen molar-refractivity contribution in [3.8, 4) is 0 Å². The molecule has 1 aromatic rings. The number of nitrogens with one attached hydrogen (secondary N) is 2. The zero-order chi connectivity index (χ0) is 15.8. The highest BCUT2D eigenvalue weighted by Crippen LogP contribution is 2.20. The lowest BCUT2D eigenvalue weighted by Crippen LogP contribution is -2.38. The van der Waals surface area contributed by atoms with Crippen molar-refractivity contribution in [2.45, 2.75) is 0 Å². The number of carboxylic acids is 1. The Morgan fingerprint density at radius 3 is 2.57 bits per heavy atom. The molecule has 6 nitrogen and oxygen atoms in total. The summed E-state index contributed by atoms with van der Waals surface area (Å²) in [6, 6.07) is 4.10. The SMILES string of the molecule is O=C(O)CNC(=O)CNC(=O)/C=C/c1c(F)cccc1Cl. The summed E-state index contributed by atoms with van der Waals surface area (Å²) in [5.74, 6) is -3.06. The van der Waals surface area contributed by atoms with E-state index in [0.29, 0.717) is 0 Å². The Bertz CT molecular complexity index is 569. The number of carboxylic acid groups (broad SMARTS) is 1. The van der Waals surface area contributed by atoms with E-state index in [1.807, 2.05) is 0 Å². The van der Waals surface area contributed by atoms with Gasteiger partial charge in [-0.1, -0.05) is 17.7 Å². The van der Waals surface area contributed by atoms with Crippen molar-refractivity contribution in [2.24, 2.45) is 0 Å². The lowest BCUT2D eigenvalue weighted by atomic mass is 10.2. The Balaban J connectivity index is 2.49. The number of carbonyl (C=O) groups excluding carboxylic acids is 2. The Morgan fingerprint density at radius 1 is 1.24 bits per heavy atom. The lowest BCUT2D eigenvalue weighted by Gasteiger charge is -2.03. The van der Waals surface area contributed by atoms with E-state index in [-0.39, 0.29) is 17.1 Å². The van der Waals surface area contributed by atoms with Gasteiger partial charge in [-0.3, -0.25) is 14.4 Å². The summed E-state index contributed by atoms with van der Waals surface area (Å²) in [7, 11) is 0. The number of carbonyl (C=O) groups is 3. The van der Waals surface area contributed by atoms with Crippen molar-refractivity contribution >= 4 is 35.5 Å². The Kier molecular flexibility index (Phi) is 6.35. The molecule has 0 aromatic heterocycles. The topological polar surface area (TPSA) is 95.5 Å². The minimum Gasteiger partial charge on any atom is -0.480 e. The first-order chi connectivity index (χ1) is 9.90. The van der Waals surface area contributed by atoms with Crippen LogP contribution in [0, 0.1) is 5.82 Å². The van der Waals surface area contributed by atoms with Crippen LogP contribution in [0.15, 0.2) is 24.3 Å². The lowest BCUT2D eigenvalue weighted by molar-refractivity contribution is -0.137. The van der Waals surface area contributed by atoms with Gasteiger partial charge in [0.15, 0.2) is 0 Å². The van der Waals surface area contributed by atoms with E-state index in [9.17, 15) is 18.8 Å². The average molecular weight is 315 g/mol. The Labute approximate surface area is 124 Å². The van der Waals surface area contributed by atoms with E-state index in [0.717, 1.165) is 6.08 Å². The molecule has 0 aliphatic carbocycles. The van der Waals surface area contributed by atoms with Crippen molar-refractivity contribution < 1.29 is 23.9 Å². The van der Waals surface area contributed by atoms with E-state index in [1.54, 1.807) is 0 Å². The van der Waals surface area contributed by atoms with E-state index in [1.165, 1.54) is 24.3 Å². The third kappa shape index (κ3) is 6.05. The maximum atomic E-state index is 13.4. The van der Waals surface area contributed by atoms with Gasteiger partial charge in [-0.05, 0) is 18.2 Å². The summed E-state index contributed by atoms with van der Waals surface area (Å²) < 4.78 is 13.4. The fourth-order valence-electron chi connectivity index (χ4n) is 1.29. The molecular weight excluding hydrogens is 303 g/mol. The molecule has 0 heterocycles. The van der Waals surface area contributed by atoms with Gasteiger partial charge in [-0.25, -0.2) is 4.39 Å². The molecule has 0 saturated heterocycles. The Hall–Kier alpha value is -2.41. The molecule has 0 spiro atoms. The highest BCUT2D eigenvalue weighted by Gasteiger charge is 2.06. The van der Waals surface area contributed by atoms with E-state index in [2.05, 4.69) is 10.6 Å². The molecule has 1 aromatic carbocycles. The highest BCUT2D eigenvalue weighted by molar-refractivity contribution is 6.32. The molecular formula is C13H12ClFN2O4.